The van der Waals surface area contributed by atoms with Crippen LogP contribution in [0.5, 0.6) is 0 Å². The van der Waals surface area contributed by atoms with E-state index in [9.17, 15) is 8.42 Å². The zero-order valence-corrected chi connectivity index (χ0v) is 11.3. The lowest BCUT2D eigenvalue weighted by Crippen LogP contribution is -2.10. The number of halogens is 1. The van der Waals surface area contributed by atoms with Gasteiger partial charge in [0.25, 0.3) is 9.05 Å². The van der Waals surface area contributed by atoms with Gasteiger partial charge in [0.05, 0.1) is 4.90 Å². The normalized spacial score (nSPS) is 13.2. The average molecular weight is 274 g/mol. The molecule has 0 spiro atoms. The van der Waals surface area contributed by atoms with Gasteiger partial charge in [0.2, 0.25) is 5.89 Å². The van der Waals surface area contributed by atoms with E-state index in [-0.39, 0.29) is 10.3 Å². The van der Waals surface area contributed by atoms with Gasteiger partial charge in [0, 0.05) is 22.2 Å². The minimum absolute atomic E-state index is 0.0169. The number of oxazole rings is 1. The molecule has 0 atom stereocenters. The van der Waals surface area contributed by atoms with Gasteiger partial charge in [-0.25, -0.2) is 13.4 Å². The lowest BCUT2D eigenvalue weighted by atomic mass is 9.97. The van der Waals surface area contributed by atoms with Gasteiger partial charge < -0.3 is 4.42 Å². The fourth-order valence-corrected chi connectivity index (χ4v) is 2.14. The number of nitrogens with zero attached hydrogens (tertiary/aromatic N) is 1. The van der Waals surface area contributed by atoms with E-state index in [0.29, 0.717) is 17.0 Å². The summed E-state index contributed by atoms with van der Waals surface area (Å²) in [4.78, 5) is 4.32. The molecule has 0 amide bonds. The number of rotatable bonds is 1. The van der Waals surface area contributed by atoms with Crippen molar-refractivity contribution >= 4 is 30.8 Å². The topological polar surface area (TPSA) is 60.2 Å². The van der Waals surface area contributed by atoms with Crippen LogP contribution in [0, 0.1) is 0 Å². The first-order valence-corrected chi connectivity index (χ1v) is 7.34. The smallest absolute Gasteiger partial charge is 0.261 e. The number of benzene rings is 1. The standard InChI is InChI=1S/C11H12ClNO3S/c1-11(2,3)10-13-8-5-4-7(17(12,14)15)6-9(8)16-10/h4-6H,1-3H3. The number of aromatic nitrogens is 1. The van der Waals surface area contributed by atoms with Gasteiger partial charge in [-0.05, 0) is 12.1 Å². The number of hydrogen-bond donors (Lipinski definition) is 0. The van der Waals surface area contributed by atoms with E-state index in [1.54, 1.807) is 6.07 Å². The van der Waals surface area contributed by atoms with E-state index in [4.69, 9.17) is 15.1 Å². The second kappa shape index (κ2) is 3.71. The zero-order chi connectivity index (χ0) is 12.8. The molecule has 1 heterocycles. The highest BCUT2D eigenvalue weighted by atomic mass is 35.7. The molecule has 0 saturated carbocycles. The second-order valence-electron chi connectivity index (χ2n) is 4.84. The molecular formula is C11H12ClNO3S. The molecule has 0 saturated heterocycles. The van der Waals surface area contributed by atoms with Gasteiger partial charge >= 0.3 is 0 Å². The van der Waals surface area contributed by atoms with Crippen molar-refractivity contribution in [1.29, 1.82) is 0 Å². The van der Waals surface area contributed by atoms with Crippen molar-refractivity contribution in [3.8, 4) is 0 Å². The molecule has 17 heavy (non-hydrogen) atoms. The first-order valence-electron chi connectivity index (χ1n) is 5.04. The fraction of sp³-hybridized carbons (Fsp3) is 0.364. The summed E-state index contributed by atoms with van der Waals surface area (Å²) in [5.74, 6) is 0.566. The Morgan fingerprint density at radius 3 is 2.47 bits per heavy atom. The van der Waals surface area contributed by atoms with Crippen LogP contribution in [-0.2, 0) is 14.5 Å². The highest BCUT2D eigenvalue weighted by molar-refractivity contribution is 8.13. The second-order valence-corrected chi connectivity index (χ2v) is 7.40. The first kappa shape index (κ1) is 12.4. The zero-order valence-electron chi connectivity index (χ0n) is 9.69. The minimum atomic E-state index is -3.74. The molecular weight excluding hydrogens is 262 g/mol. The number of hydrogen-bond acceptors (Lipinski definition) is 4. The number of fused-ring (bicyclic) bond motifs is 1. The summed E-state index contributed by atoms with van der Waals surface area (Å²) < 4.78 is 27.9. The predicted molar refractivity (Wildman–Crippen MR) is 65.7 cm³/mol. The molecule has 4 nitrogen and oxygen atoms in total. The van der Waals surface area contributed by atoms with Crippen LogP contribution in [0.2, 0.25) is 0 Å². The monoisotopic (exact) mass is 273 g/mol. The van der Waals surface area contributed by atoms with Crippen molar-refractivity contribution in [1.82, 2.24) is 4.98 Å². The molecule has 0 bridgehead atoms. The van der Waals surface area contributed by atoms with E-state index >= 15 is 0 Å². The third-order valence-corrected chi connectivity index (χ3v) is 3.63. The lowest BCUT2D eigenvalue weighted by Gasteiger charge is -2.11. The van der Waals surface area contributed by atoms with Crippen LogP contribution >= 0.6 is 10.7 Å². The molecule has 0 aliphatic heterocycles. The molecule has 0 aliphatic carbocycles. The molecule has 2 aromatic rings. The van der Waals surface area contributed by atoms with Gasteiger partial charge in [-0.1, -0.05) is 20.8 Å². The SMILES string of the molecule is CC(C)(C)c1nc2ccc(S(=O)(=O)Cl)cc2o1. The predicted octanol–water partition coefficient (Wildman–Crippen LogP) is 3.05. The average Bonchev–Trinajstić information content (AvgIpc) is 2.57. The Morgan fingerprint density at radius 2 is 1.94 bits per heavy atom. The molecule has 92 valence electrons. The minimum Gasteiger partial charge on any atom is -0.440 e. The maximum Gasteiger partial charge on any atom is 0.261 e. The quantitative estimate of drug-likeness (QED) is 0.749. The summed E-state index contributed by atoms with van der Waals surface area (Å²) in [7, 11) is 1.53. The van der Waals surface area contributed by atoms with Gasteiger partial charge in [0.1, 0.15) is 5.52 Å². The molecule has 2 rings (SSSR count). The lowest BCUT2D eigenvalue weighted by molar-refractivity contribution is 0.410. The molecule has 0 unspecified atom stereocenters. The maximum atomic E-state index is 11.2. The van der Waals surface area contributed by atoms with Gasteiger partial charge in [-0.15, -0.1) is 0 Å². The van der Waals surface area contributed by atoms with Gasteiger partial charge in [-0.2, -0.15) is 0 Å². The van der Waals surface area contributed by atoms with E-state index in [1.165, 1.54) is 12.1 Å². The Labute approximate surface area is 104 Å². The summed E-state index contributed by atoms with van der Waals surface area (Å²) >= 11 is 0. The summed E-state index contributed by atoms with van der Waals surface area (Å²) in [6.07, 6.45) is 0. The van der Waals surface area contributed by atoms with Gasteiger partial charge in [-0.3, -0.25) is 0 Å². The van der Waals surface area contributed by atoms with Crippen LogP contribution < -0.4 is 0 Å². The van der Waals surface area contributed by atoms with E-state index < -0.39 is 9.05 Å². The first-order chi connectivity index (χ1) is 7.68. The third-order valence-electron chi connectivity index (χ3n) is 2.28. The molecule has 1 aromatic heterocycles. The van der Waals surface area contributed by atoms with Crippen molar-refractivity contribution in [3.05, 3.63) is 24.1 Å². The highest BCUT2D eigenvalue weighted by Crippen LogP contribution is 2.27. The van der Waals surface area contributed by atoms with Crippen molar-refractivity contribution in [2.45, 2.75) is 31.1 Å². The van der Waals surface area contributed by atoms with Crippen molar-refractivity contribution < 1.29 is 12.8 Å². The maximum absolute atomic E-state index is 11.2. The van der Waals surface area contributed by atoms with Crippen LogP contribution in [-0.4, -0.2) is 13.4 Å². The summed E-state index contributed by atoms with van der Waals surface area (Å²) in [5, 5.41) is 0. The van der Waals surface area contributed by atoms with Gasteiger partial charge in [0.15, 0.2) is 5.58 Å². The van der Waals surface area contributed by atoms with Crippen LogP contribution in [0.15, 0.2) is 27.5 Å². The summed E-state index contributed by atoms with van der Waals surface area (Å²) in [6, 6.07) is 4.39. The Bertz CT molecular complexity index is 668. The molecule has 0 fully saturated rings. The Hall–Kier alpha value is -1.07. The van der Waals surface area contributed by atoms with E-state index in [0.717, 1.165) is 0 Å². The molecule has 1 aromatic carbocycles. The third kappa shape index (κ3) is 2.45. The highest BCUT2D eigenvalue weighted by Gasteiger charge is 2.21. The van der Waals surface area contributed by atoms with Crippen molar-refractivity contribution in [3.63, 3.8) is 0 Å². The Morgan fingerprint density at radius 1 is 1.29 bits per heavy atom. The van der Waals surface area contributed by atoms with Crippen molar-refractivity contribution in [2.24, 2.45) is 0 Å². The van der Waals surface area contributed by atoms with E-state index in [1.807, 2.05) is 20.8 Å². The molecule has 6 heteroatoms. The van der Waals surface area contributed by atoms with E-state index in [2.05, 4.69) is 4.98 Å². The Balaban J connectivity index is 2.64. The summed E-state index contributed by atoms with van der Waals surface area (Å²) in [5.41, 5.74) is 0.828. The molecule has 0 aliphatic rings. The van der Waals surface area contributed by atoms with Crippen LogP contribution in [0.3, 0.4) is 0 Å². The fourth-order valence-electron chi connectivity index (χ4n) is 1.38. The van der Waals surface area contributed by atoms with Crippen LogP contribution in [0.25, 0.3) is 11.1 Å². The van der Waals surface area contributed by atoms with Crippen LogP contribution in [0.4, 0.5) is 0 Å². The largest absolute Gasteiger partial charge is 0.440 e. The van der Waals surface area contributed by atoms with Crippen LogP contribution in [0.1, 0.15) is 26.7 Å². The molecule has 0 radical (unpaired) electrons. The summed E-state index contributed by atoms with van der Waals surface area (Å²) in [6.45, 7) is 5.91. The van der Waals surface area contributed by atoms with Crippen molar-refractivity contribution in [2.75, 3.05) is 0 Å². The molecule has 0 N–H and O–H groups in total. The Kier molecular flexibility index (Phi) is 2.71.